The van der Waals surface area contributed by atoms with Crippen LogP contribution in [0.15, 0.2) is 53.7 Å². The molecule has 1 aliphatic rings. The number of nitrogens with two attached hydrogens (primary N) is 1. The summed E-state index contributed by atoms with van der Waals surface area (Å²) in [5, 5.41) is 7.49. The first-order valence-corrected chi connectivity index (χ1v) is 11.8. The van der Waals surface area contributed by atoms with E-state index in [0.717, 1.165) is 11.1 Å². The van der Waals surface area contributed by atoms with Gasteiger partial charge in [-0.05, 0) is 42.3 Å². The molecule has 1 aromatic carbocycles. The molecular formula is C26H28FN7O3. The van der Waals surface area contributed by atoms with Gasteiger partial charge in [0.25, 0.3) is 5.91 Å². The van der Waals surface area contributed by atoms with Gasteiger partial charge in [0, 0.05) is 31.3 Å². The molecule has 3 heterocycles. The summed E-state index contributed by atoms with van der Waals surface area (Å²) in [6.45, 7) is 1.55. The monoisotopic (exact) mass is 505 g/mol. The number of halogens is 1. The fraction of sp³-hybridized carbons (Fsp3) is 0.308. The van der Waals surface area contributed by atoms with Crippen LogP contribution in [0.2, 0.25) is 0 Å². The molecule has 0 unspecified atom stereocenters. The predicted molar refractivity (Wildman–Crippen MR) is 137 cm³/mol. The number of primary amides is 1. The van der Waals surface area contributed by atoms with Crippen LogP contribution in [0.3, 0.4) is 0 Å². The molecule has 0 aliphatic carbocycles. The zero-order chi connectivity index (χ0) is 26.5. The quantitative estimate of drug-likeness (QED) is 0.451. The van der Waals surface area contributed by atoms with Crippen LogP contribution < -0.4 is 11.1 Å². The zero-order valence-electron chi connectivity index (χ0n) is 20.6. The summed E-state index contributed by atoms with van der Waals surface area (Å²) in [4.78, 5) is 47.6. The van der Waals surface area contributed by atoms with Gasteiger partial charge in [0.2, 0.25) is 11.8 Å². The molecule has 10 nitrogen and oxygen atoms in total. The van der Waals surface area contributed by atoms with E-state index in [-0.39, 0.29) is 31.7 Å². The van der Waals surface area contributed by atoms with Gasteiger partial charge < -0.3 is 16.0 Å². The van der Waals surface area contributed by atoms with Gasteiger partial charge in [0.1, 0.15) is 18.8 Å². The third-order valence-corrected chi connectivity index (χ3v) is 6.22. The number of hydrogen-bond donors (Lipinski definition) is 2. The lowest BCUT2D eigenvalue weighted by Crippen LogP contribution is -2.46. The number of likely N-dealkylation sites (tertiary alicyclic amines) is 1. The standard InChI is InChI=1S/C26H28FN7O3/c1-3-16(12-29-2)17-7-8-21-20(10-17)24(25(28)36)32-34(21)15-23(35)33-14-18(27)11-22(33)26(37)31-13-19-6-4-5-9-30-19/h3-10,12,18,22H,11,13-15H2,1-2H3,(H2,28,36)(H,31,37)/t18-,22+/m1/s1. The molecule has 3 aromatic rings. The molecule has 1 fully saturated rings. The lowest BCUT2D eigenvalue weighted by atomic mass is 10.0. The molecule has 0 radical (unpaired) electrons. The van der Waals surface area contributed by atoms with E-state index in [1.807, 2.05) is 19.1 Å². The fourth-order valence-corrected chi connectivity index (χ4v) is 4.44. The number of nitrogens with one attached hydrogen (secondary N) is 1. The molecule has 0 bridgehead atoms. The number of allylic oxidation sites excluding steroid dienone is 2. The molecule has 11 heteroatoms. The maximum absolute atomic E-state index is 14.3. The van der Waals surface area contributed by atoms with Crippen molar-refractivity contribution < 1.29 is 18.8 Å². The second kappa shape index (κ2) is 11.1. The van der Waals surface area contributed by atoms with E-state index in [4.69, 9.17) is 5.73 Å². The number of aromatic nitrogens is 3. The van der Waals surface area contributed by atoms with Crippen LogP contribution >= 0.6 is 0 Å². The second-order valence-corrected chi connectivity index (χ2v) is 8.67. The molecule has 192 valence electrons. The van der Waals surface area contributed by atoms with E-state index < -0.39 is 29.9 Å². The van der Waals surface area contributed by atoms with E-state index in [2.05, 4.69) is 20.4 Å². The highest BCUT2D eigenvalue weighted by Crippen LogP contribution is 2.25. The summed E-state index contributed by atoms with van der Waals surface area (Å²) in [6.07, 6.45) is 3.76. The number of alkyl halides is 1. The topological polar surface area (TPSA) is 136 Å². The highest BCUT2D eigenvalue weighted by Gasteiger charge is 2.40. The highest BCUT2D eigenvalue weighted by atomic mass is 19.1. The third-order valence-electron chi connectivity index (χ3n) is 6.22. The Balaban J connectivity index is 1.56. The van der Waals surface area contributed by atoms with Gasteiger partial charge in [0.15, 0.2) is 5.69 Å². The Morgan fingerprint density at radius 3 is 2.76 bits per heavy atom. The average Bonchev–Trinajstić information content (AvgIpc) is 3.47. The number of benzene rings is 1. The molecule has 3 N–H and O–H groups in total. The number of hydrogen-bond acceptors (Lipinski definition) is 6. The van der Waals surface area contributed by atoms with Crippen molar-refractivity contribution in [1.82, 2.24) is 25.0 Å². The number of fused-ring (bicyclic) bond motifs is 1. The SMILES string of the molecule is CC=C(C=NC)c1ccc2c(c1)c(C(N)=O)nn2CC(=O)N1C[C@H](F)C[C@H]1C(=O)NCc1ccccn1. The van der Waals surface area contributed by atoms with Crippen molar-refractivity contribution in [2.24, 2.45) is 10.7 Å². The summed E-state index contributed by atoms with van der Waals surface area (Å²) >= 11 is 0. The Kier molecular flexibility index (Phi) is 7.71. The Bertz CT molecular complexity index is 1380. The van der Waals surface area contributed by atoms with Crippen LogP contribution in [0.1, 0.15) is 35.1 Å². The van der Waals surface area contributed by atoms with Gasteiger partial charge in [-0.25, -0.2) is 4.39 Å². The van der Waals surface area contributed by atoms with Gasteiger partial charge in [-0.3, -0.25) is 29.0 Å². The molecule has 0 saturated carbocycles. The molecular weight excluding hydrogens is 477 g/mol. The number of pyridine rings is 1. The minimum atomic E-state index is -1.33. The molecule has 2 atom stereocenters. The van der Waals surface area contributed by atoms with Crippen LogP contribution in [0.25, 0.3) is 16.5 Å². The van der Waals surface area contributed by atoms with Crippen LogP contribution in [0.4, 0.5) is 4.39 Å². The molecule has 37 heavy (non-hydrogen) atoms. The molecule has 4 rings (SSSR count). The summed E-state index contributed by atoms with van der Waals surface area (Å²) < 4.78 is 15.7. The van der Waals surface area contributed by atoms with Gasteiger partial charge >= 0.3 is 0 Å². The van der Waals surface area contributed by atoms with E-state index >= 15 is 0 Å². The van der Waals surface area contributed by atoms with E-state index in [1.54, 1.807) is 49.8 Å². The summed E-state index contributed by atoms with van der Waals surface area (Å²) in [5.41, 5.74) is 8.39. The normalized spacial score (nSPS) is 18.0. The molecule has 0 spiro atoms. The first kappa shape index (κ1) is 25.7. The Morgan fingerprint density at radius 2 is 2.08 bits per heavy atom. The minimum absolute atomic E-state index is 0.0167. The average molecular weight is 506 g/mol. The number of carbonyl (C=O) groups is 3. The number of rotatable bonds is 8. The lowest BCUT2D eigenvalue weighted by molar-refractivity contribution is -0.139. The van der Waals surface area contributed by atoms with E-state index in [1.165, 1.54) is 9.58 Å². The van der Waals surface area contributed by atoms with Crippen LogP contribution in [-0.4, -0.2) is 69.4 Å². The first-order chi connectivity index (χ1) is 17.8. The van der Waals surface area contributed by atoms with Gasteiger partial charge in [-0.1, -0.05) is 18.2 Å². The number of amides is 3. The Labute approximate surface area is 213 Å². The van der Waals surface area contributed by atoms with Crippen LogP contribution in [0, 0.1) is 0 Å². The number of aliphatic imine (C=N–C) groups is 1. The predicted octanol–water partition coefficient (Wildman–Crippen LogP) is 1.89. The van der Waals surface area contributed by atoms with Crippen molar-refractivity contribution in [3.63, 3.8) is 0 Å². The van der Waals surface area contributed by atoms with Crippen molar-refractivity contribution in [3.8, 4) is 0 Å². The highest BCUT2D eigenvalue weighted by molar-refractivity contribution is 6.12. The van der Waals surface area contributed by atoms with Gasteiger partial charge in [-0.2, -0.15) is 5.10 Å². The molecule has 2 aromatic heterocycles. The van der Waals surface area contributed by atoms with Gasteiger partial charge in [-0.15, -0.1) is 0 Å². The first-order valence-electron chi connectivity index (χ1n) is 11.8. The Hall–Kier alpha value is -4.41. The van der Waals surface area contributed by atoms with Gasteiger partial charge in [0.05, 0.1) is 24.3 Å². The molecule has 1 aliphatic heterocycles. The third kappa shape index (κ3) is 5.55. The number of nitrogens with zero attached hydrogens (tertiary/aromatic N) is 5. The van der Waals surface area contributed by atoms with Crippen molar-refractivity contribution in [2.45, 2.75) is 38.6 Å². The molecule has 1 saturated heterocycles. The molecule has 3 amide bonds. The van der Waals surface area contributed by atoms with Crippen LogP contribution in [-0.2, 0) is 22.7 Å². The van der Waals surface area contributed by atoms with Crippen molar-refractivity contribution >= 4 is 40.4 Å². The number of carbonyl (C=O) groups excluding carboxylic acids is 3. The van der Waals surface area contributed by atoms with Crippen molar-refractivity contribution in [3.05, 3.63) is 65.6 Å². The summed E-state index contributed by atoms with van der Waals surface area (Å²) in [5.74, 6) is -1.69. The summed E-state index contributed by atoms with van der Waals surface area (Å²) in [7, 11) is 1.66. The lowest BCUT2D eigenvalue weighted by Gasteiger charge is -2.23. The minimum Gasteiger partial charge on any atom is -0.364 e. The van der Waals surface area contributed by atoms with Crippen LogP contribution in [0.5, 0.6) is 0 Å². The zero-order valence-corrected chi connectivity index (χ0v) is 20.6. The van der Waals surface area contributed by atoms with E-state index in [9.17, 15) is 18.8 Å². The smallest absolute Gasteiger partial charge is 0.269 e. The Morgan fingerprint density at radius 1 is 1.27 bits per heavy atom. The summed E-state index contributed by atoms with van der Waals surface area (Å²) in [6, 6.07) is 9.69. The van der Waals surface area contributed by atoms with Crippen molar-refractivity contribution in [2.75, 3.05) is 13.6 Å². The maximum atomic E-state index is 14.3. The van der Waals surface area contributed by atoms with E-state index in [0.29, 0.717) is 16.6 Å². The fourth-order valence-electron chi connectivity index (χ4n) is 4.44. The maximum Gasteiger partial charge on any atom is 0.269 e. The second-order valence-electron chi connectivity index (χ2n) is 8.67. The van der Waals surface area contributed by atoms with Crippen molar-refractivity contribution in [1.29, 1.82) is 0 Å². The largest absolute Gasteiger partial charge is 0.364 e.